The lowest BCUT2D eigenvalue weighted by atomic mass is 10.0. The van der Waals surface area contributed by atoms with Gasteiger partial charge in [-0.15, -0.1) is 0 Å². The van der Waals surface area contributed by atoms with E-state index in [0.29, 0.717) is 6.42 Å². The first-order valence-corrected chi connectivity index (χ1v) is 10.8. The quantitative estimate of drug-likeness (QED) is 0.654. The molecule has 30 heavy (non-hydrogen) atoms. The molecule has 1 aromatic heterocycles. The van der Waals surface area contributed by atoms with Crippen molar-refractivity contribution in [2.24, 2.45) is 0 Å². The van der Waals surface area contributed by atoms with Crippen LogP contribution >= 0.6 is 0 Å². The number of amides is 1. The molecule has 1 amide bonds. The molecule has 0 saturated carbocycles. The first kappa shape index (κ1) is 19.0. The van der Waals surface area contributed by atoms with E-state index in [-0.39, 0.29) is 5.91 Å². The van der Waals surface area contributed by atoms with Gasteiger partial charge in [0.1, 0.15) is 11.3 Å². The molecule has 1 saturated heterocycles. The number of fused-ring (bicyclic) bond motifs is 2. The van der Waals surface area contributed by atoms with Crippen LogP contribution in [0.2, 0.25) is 0 Å². The van der Waals surface area contributed by atoms with Gasteiger partial charge in [0.15, 0.2) is 0 Å². The average Bonchev–Trinajstić information content (AvgIpc) is 3.13. The molecule has 0 unspecified atom stereocenters. The van der Waals surface area contributed by atoms with Crippen LogP contribution in [0.5, 0.6) is 5.75 Å². The van der Waals surface area contributed by atoms with Crippen molar-refractivity contribution in [2.45, 2.75) is 33.1 Å². The van der Waals surface area contributed by atoms with Crippen LogP contribution < -0.4 is 9.64 Å². The lowest BCUT2D eigenvalue weighted by Gasteiger charge is -2.36. The van der Waals surface area contributed by atoms with E-state index in [2.05, 4.69) is 43.0 Å². The summed E-state index contributed by atoms with van der Waals surface area (Å²) in [6.07, 6.45) is 4.18. The summed E-state index contributed by atoms with van der Waals surface area (Å²) in [6.45, 7) is 8.27. The van der Waals surface area contributed by atoms with E-state index in [0.717, 1.165) is 67.9 Å². The van der Waals surface area contributed by atoms with Crippen LogP contribution in [0.25, 0.3) is 11.0 Å². The van der Waals surface area contributed by atoms with Crippen LogP contribution in [0.15, 0.2) is 41.0 Å². The fraction of sp³-hybridized carbons (Fsp3) is 0.400. The van der Waals surface area contributed by atoms with Crippen LogP contribution in [-0.4, -0.2) is 43.6 Å². The average molecular weight is 405 g/mol. The number of nitrogens with zero attached hydrogens (tertiary/aromatic N) is 2. The number of ether oxygens (including phenoxy) is 1. The lowest BCUT2D eigenvalue weighted by molar-refractivity contribution is -0.130. The zero-order valence-corrected chi connectivity index (χ0v) is 17.7. The molecule has 156 valence electrons. The standard InChI is InChI=1S/C25H28N2O3/c1-17-10-18(2)12-21(11-17)26-5-7-27(8-6-26)25(28)14-20-16-30-24-15-23-19(13-22(20)24)4-3-9-29-23/h10-13,15-16H,3-9,14H2,1-2H3. The van der Waals surface area contributed by atoms with Gasteiger partial charge < -0.3 is 19.0 Å². The second kappa shape index (κ2) is 7.71. The predicted octanol–water partition coefficient (Wildman–Crippen LogP) is 4.27. The van der Waals surface area contributed by atoms with Crippen molar-refractivity contribution in [2.75, 3.05) is 37.7 Å². The summed E-state index contributed by atoms with van der Waals surface area (Å²) < 4.78 is 11.5. The Hall–Kier alpha value is -2.95. The molecule has 3 heterocycles. The van der Waals surface area contributed by atoms with E-state index in [1.54, 1.807) is 6.26 Å². The number of rotatable bonds is 3. The summed E-state index contributed by atoms with van der Waals surface area (Å²) in [6, 6.07) is 10.8. The zero-order chi connectivity index (χ0) is 20.7. The molecule has 2 aliphatic rings. The number of aryl methyl sites for hydroxylation is 3. The minimum Gasteiger partial charge on any atom is -0.493 e. The highest BCUT2D eigenvalue weighted by Gasteiger charge is 2.23. The maximum Gasteiger partial charge on any atom is 0.227 e. The third kappa shape index (κ3) is 3.64. The van der Waals surface area contributed by atoms with Gasteiger partial charge in [-0.1, -0.05) is 6.07 Å². The number of piperazine rings is 1. The highest BCUT2D eigenvalue weighted by atomic mass is 16.5. The predicted molar refractivity (Wildman–Crippen MR) is 118 cm³/mol. The molecule has 3 aromatic rings. The monoisotopic (exact) mass is 404 g/mol. The Morgan fingerprint density at radius 2 is 1.77 bits per heavy atom. The molecule has 5 heteroatoms. The Labute approximate surface area is 177 Å². The summed E-state index contributed by atoms with van der Waals surface area (Å²) in [5.74, 6) is 1.09. The highest BCUT2D eigenvalue weighted by molar-refractivity contribution is 5.89. The molecule has 2 aliphatic heterocycles. The number of furan rings is 1. The Bertz CT molecular complexity index is 1070. The lowest BCUT2D eigenvalue weighted by Crippen LogP contribution is -2.49. The Morgan fingerprint density at radius 3 is 2.53 bits per heavy atom. The largest absolute Gasteiger partial charge is 0.493 e. The molecule has 5 nitrogen and oxygen atoms in total. The van der Waals surface area contributed by atoms with E-state index in [1.807, 2.05) is 11.0 Å². The van der Waals surface area contributed by atoms with Gasteiger partial charge >= 0.3 is 0 Å². The number of carbonyl (C=O) groups is 1. The summed E-state index contributed by atoms with van der Waals surface area (Å²) in [5.41, 5.74) is 6.81. The summed E-state index contributed by atoms with van der Waals surface area (Å²) in [5, 5.41) is 1.04. The Balaban J connectivity index is 1.26. The van der Waals surface area contributed by atoms with Gasteiger partial charge in [-0.05, 0) is 61.6 Å². The summed E-state index contributed by atoms with van der Waals surface area (Å²) in [7, 11) is 0. The first-order chi connectivity index (χ1) is 14.6. The van der Waals surface area contributed by atoms with Crippen LogP contribution in [0, 0.1) is 13.8 Å². The molecule has 0 atom stereocenters. The third-order valence-electron chi connectivity index (χ3n) is 6.23. The summed E-state index contributed by atoms with van der Waals surface area (Å²) in [4.78, 5) is 17.4. The minimum absolute atomic E-state index is 0.173. The van der Waals surface area contributed by atoms with Crippen LogP contribution in [-0.2, 0) is 17.6 Å². The fourth-order valence-electron chi connectivity index (χ4n) is 4.69. The third-order valence-corrected chi connectivity index (χ3v) is 6.23. The van der Waals surface area contributed by atoms with E-state index >= 15 is 0 Å². The van der Waals surface area contributed by atoms with Gasteiger partial charge in [0.2, 0.25) is 5.91 Å². The fourth-order valence-corrected chi connectivity index (χ4v) is 4.69. The van der Waals surface area contributed by atoms with Crippen molar-refractivity contribution in [1.29, 1.82) is 0 Å². The smallest absolute Gasteiger partial charge is 0.227 e. The molecule has 0 aliphatic carbocycles. The number of benzene rings is 2. The Morgan fingerprint density at radius 1 is 1.00 bits per heavy atom. The molecule has 0 spiro atoms. The topological polar surface area (TPSA) is 45.9 Å². The SMILES string of the molecule is Cc1cc(C)cc(N2CCN(C(=O)Cc3coc4cc5c(cc34)CCCO5)CC2)c1. The highest BCUT2D eigenvalue weighted by Crippen LogP contribution is 2.33. The van der Waals surface area contributed by atoms with Gasteiger partial charge in [0.05, 0.1) is 19.3 Å². The molecule has 0 bridgehead atoms. The van der Waals surface area contributed by atoms with Crippen molar-refractivity contribution in [3.8, 4) is 5.75 Å². The van der Waals surface area contributed by atoms with Gasteiger partial charge in [-0.25, -0.2) is 0 Å². The maximum atomic E-state index is 13.0. The molecule has 1 fully saturated rings. The van der Waals surface area contributed by atoms with Crippen LogP contribution in [0.3, 0.4) is 0 Å². The number of hydrogen-bond donors (Lipinski definition) is 0. The maximum absolute atomic E-state index is 13.0. The van der Waals surface area contributed by atoms with Crippen LogP contribution in [0.1, 0.15) is 28.7 Å². The number of anilines is 1. The minimum atomic E-state index is 0.173. The van der Waals surface area contributed by atoms with E-state index < -0.39 is 0 Å². The first-order valence-electron chi connectivity index (χ1n) is 10.8. The van der Waals surface area contributed by atoms with Gasteiger partial charge in [0, 0.05) is 48.9 Å². The van der Waals surface area contributed by atoms with Crippen molar-refractivity contribution in [3.63, 3.8) is 0 Å². The van der Waals surface area contributed by atoms with E-state index in [4.69, 9.17) is 9.15 Å². The van der Waals surface area contributed by atoms with Crippen molar-refractivity contribution >= 4 is 22.6 Å². The van der Waals surface area contributed by atoms with Gasteiger partial charge in [0.25, 0.3) is 0 Å². The molecule has 5 rings (SSSR count). The molecular formula is C25H28N2O3. The summed E-state index contributed by atoms with van der Waals surface area (Å²) >= 11 is 0. The second-order valence-corrected chi connectivity index (χ2v) is 8.56. The molecule has 2 aromatic carbocycles. The van der Waals surface area contributed by atoms with Crippen molar-refractivity contribution < 1.29 is 13.9 Å². The van der Waals surface area contributed by atoms with Crippen LogP contribution in [0.4, 0.5) is 5.69 Å². The second-order valence-electron chi connectivity index (χ2n) is 8.56. The van der Waals surface area contributed by atoms with Gasteiger partial charge in [-0.2, -0.15) is 0 Å². The number of carbonyl (C=O) groups excluding carboxylic acids is 1. The van der Waals surface area contributed by atoms with Crippen molar-refractivity contribution in [1.82, 2.24) is 4.90 Å². The van der Waals surface area contributed by atoms with Gasteiger partial charge in [-0.3, -0.25) is 4.79 Å². The number of hydrogen-bond acceptors (Lipinski definition) is 4. The van der Waals surface area contributed by atoms with Crippen molar-refractivity contribution in [3.05, 3.63) is 58.8 Å². The van der Waals surface area contributed by atoms with E-state index in [1.165, 1.54) is 22.4 Å². The molecular weight excluding hydrogens is 376 g/mol. The molecule has 0 radical (unpaired) electrons. The van der Waals surface area contributed by atoms with E-state index in [9.17, 15) is 4.79 Å². The molecule has 0 N–H and O–H groups in total. The Kier molecular flexibility index (Phi) is 4.89. The zero-order valence-electron chi connectivity index (χ0n) is 17.7. The normalized spacial score (nSPS) is 16.5.